The number of fused-ring (bicyclic) bond motifs is 1. The van der Waals surface area contributed by atoms with Gasteiger partial charge in [-0.05, 0) is 55.8 Å². The number of amides is 2. The summed E-state index contributed by atoms with van der Waals surface area (Å²) < 4.78 is 6.23. The number of aromatic nitrogens is 1. The van der Waals surface area contributed by atoms with Crippen LogP contribution in [0.1, 0.15) is 44.4 Å². The van der Waals surface area contributed by atoms with Crippen LogP contribution in [0.25, 0.3) is 10.2 Å². The molecule has 4 aromatic rings. The van der Waals surface area contributed by atoms with Crippen LogP contribution in [0.2, 0.25) is 0 Å². The number of para-hydroxylation sites is 1. The first-order chi connectivity index (χ1) is 14.4. The maximum Gasteiger partial charge on any atom is 0.291 e. The molecule has 30 heavy (non-hydrogen) atoms. The minimum absolute atomic E-state index is 0.143. The van der Waals surface area contributed by atoms with Gasteiger partial charge in [-0.1, -0.05) is 18.2 Å². The number of nitrogens with zero attached hydrogens (tertiary/aromatic N) is 2. The summed E-state index contributed by atoms with van der Waals surface area (Å²) in [7, 11) is 1.76. The lowest BCUT2D eigenvalue weighted by Gasteiger charge is -2.23. The Morgan fingerprint density at radius 1 is 1.13 bits per heavy atom. The van der Waals surface area contributed by atoms with Crippen molar-refractivity contribution in [3.05, 3.63) is 82.8 Å². The third kappa shape index (κ3) is 3.84. The molecule has 1 N–H and O–H groups in total. The van der Waals surface area contributed by atoms with Crippen molar-refractivity contribution >= 4 is 39.1 Å². The third-order valence-electron chi connectivity index (χ3n) is 5.05. The van der Waals surface area contributed by atoms with Crippen molar-refractivity contribution in [3.63, 3.8) is 0 Å². The lowest BCUT2D eigenvalue weighted by Crippen LogP contribution is -2.29. The van der Waals surface area contributed by atoms with E-state index in [1.807, 2.05) is 44.2 Å². The lowest BCUT2D eigenvalue weighted by atomic mass is 10.1. The van der Waals surface area contributed by atoms with E-state index in [2.05, 4.69) is 10.3 Å². The Morgan fingerprint density at radius 2 is 1.93 bits per heavy atom. The van der Waals surface area contributed by atoms with Crippen molar-refractivity contribution < 1.29 is 14.0 Å². The van der Waals surface area contributed by atoms with Crippen molar-refractivity contribution in [1.82, 2.24) is 9.88 Å². The molecule has 152 valence electrons. The van der Waals surface area contributed by atoms with Gasteiger partial charge in [0, 0.05) is 18.3 Å². The predicted molar refractivity (Wildman–Crippen MR) is 118 cm³/mol. The van der Waals surface area contributed by atoms with E-state index in [4.69, 9.17) is 4.42 Å². The summed E-state index contributed by atoms with van der Waals surface area (Å²) >= 11 is 1.59. The molecule has 6 nitrogen and oxygen atoms in total. The van der Waals surface area contributed by atoms with Crippen LogP contribution >= 0.6 is 11.3 Å². The van der Waals surface area contributed by atoms with Gasteiger partial charge in [0.2, 0.25) is 0 Å². The van der Waals surface area contributed by atoms with Crippen LogP contribution in [0.3, 0.4) is 0 Å². The summed E-state index contributed by atoms with van der Waals surface area (Å²) in [5.74, 6) is -0.285. The number of thiazole rings is 1. The highest BCUT2D eigenvalue weighted by Crippen LogP contribution is 2.30. The van der Waals surface area contributed by atoms with Crippen molar-refractivity contribution in [1.29, 1.82) is 0 Å². The fraction of sp³-hybridized carbons (Fsp3) is 0.174. The quantitative estimate of drug-likeness (QED) is 0.477. The molecule has 0 saturated carbocycles. The van der Waals surface area contributed by atoms with Crippen LogP contribution in [0.15, 0.2) is 65.3 Å². The fourth-order valence-electron chi connectivity index (χ4n) is 3.10. The van der Waals surface area contributed by atoms with Gasteiger partial charge in [0.05, 0.1) is 22.5 Å². The zero-order valence-corrected chi connectivity index (χ0v) is 17.7. The summed E-state index contributed by atoms with van der Waals surface area (Å²) in [4.78, 5) is 31.8. The number of hydrogen-bond acceptors (Lipinski definition) is 5. The number of nitrogens with one attached hydrogen (secondary N) is 1. The first-order valence-electron chi connectivity index (χ1n) is 9.52. The summed E-state index contributed by atoms with van der Waals surface area (Å²) in [6.45, 7) is 3.84. The van der Waals surface area contributed by atoms with Gasteiger partial charge in [-0.25, -0.2) is 4.98 Å². The van der Waals surface area contributed by atoms with Crippen LogP contribution in [0, 0.1) is 6.92 Å². The highest BCUT2D eigenvalue weighted by atomic mass is 32.1. The maximum absolute atomic E-state index is 13.1. The number of anilines is 1. The van der Waals surface area contributed by atoms with Crippen molar-refractivity contribution in [3.8, 4) is 0 Å². The smallest absolute Gasteiger partial charge is 0.291 e. The van der Waals surface area contributed by atoms with Gasteiger partial charge in [0.1, 0.15) is 5.01 Å². The predicted octanol–water partition coefficient (Wildman–Crippen LogP) is 5.28. The average molecular weight is 420 g/mol. The van der Waals surface area contributed by atoms with Crippen LogP contribution in [0.4, 0.5) is 5.69 Å². The van der Waals surface area contributed by atoms with Crippen molar-refractivity contribution in [2.45, 2.75) is 19.9 Å². The number of rotatable bonds is 5. The standard InChI is InChI=1S/C23H21N3O3S/c1-14-10-11-16(13-18(14)24-21(27)19-8-6-12-29-19)23(28)26(3)15(2)22-25-17-7-4-5-9-20(17)30-22/h4-13,15H,1-3H3,(H,24,27)/t15-/m1/s1. The van der Waals surface area contributed by atoms with E-state index < -0.39 is 0 Å². The Balaban J connectivity index is 1.55. The second kappa shape index (κ2) is 8.12. The van der Waals surface area contributed by atoms with Crippen LogP contribution < -0.4 is 5.32 Å². The Morgan fingerprint density at radius 3 is 2.67 bits per heavy atom. The maximum atomic E-state index is 13.1. The number of carbonyl (C=O) groups is 2. The van der Waals surface area contributed by atoms with E-state index in [0.717, 1.165) is 20.8 Å². The van der Waals surface area contributed by atoms with Crippen LogP contribution in [-0.4, -0.2) is 28.7 Å². The molecule has 0 unspecified atom stereocenters. The topological polar surface area (TPSA) is 75.4 Å². The summed E-state index contributed by atoms with van der Waals surface area (Å²) in [6, 6.07) is 16.3. The normalized spacial score (nSPS) is 12.0. The van der Waals surface area contributed by atoms with E-state index in [0.29, 0.717) is 11.3 Å². The van der Waals surface area contributed by atoms with Gasteiger partial charge < -0.3 is 14.6 Å². The van der Waals surface area contributed by atoms with Gasteiger partial charge >= 0.3 is 0 Å². The van der Waals surface area contributed by atoms with E-state index in [-0.39, 0.29) is 23.6 Å². The molecule has 2 aromatic heterocycles. The summed E-state index contributed by atoms with van der Waals surface area (Å²) in [6.07, 6.45) is 1.44. The molecule has 0 radical (unpaired) electrons. The third-order valence-corrected chi connectivity index (χ3v) is 6.25. The van der Waals surface area contributed by atoms with E-state index in [1.54, 1.807) is 47.5 Å². The number of hydrogen-bond donors (Lipinski definition) is 1. The SMILES string of the molecule is Cc1ccc(C(=O)N(C)[C@H](C)c2nc3ccccc3s2)cc1NC(=O)c1ccco1. The molecule has 1 atom stereocenters. The van der Waals surface area contributed by atoms with Crippen LogP contribution in [-0.2, 0) is 0 Å². The second-order valence-electron chi connectivity index (χ2n) is 7.07. The Bertz CT molecular complexity index is 1180. The van der Waals surface area contributed by atoms with E-state index in [1.165, 1.54) is 6.26 Å². The van der Waals surface area contributed by atoms with Gasteiger partial charge in [0.25, 0.3) is 11.8 Å². The summed E-state index contributed by atoms with van der Waals surface area (Å²) in [5, 5.41) is 3.69. The lowest BCUT2D eigenvalue weighted by molar-refractivity contribution is 0.0742. The minimum atomic E-state index is -0.358. The molecular formula is C23H21N3O3S. The molecule has 7 heteroatoms. The number of aryl methyl sites for hydroxylation is 1. The number of carbonyl (C=O) groups excluding carboxylic acids is 2. The molecule has 0 aliphatic heterocycles. The van der Waals surface area contributed by atoms with Crippen molar-refractivity contribution in [2.24, 2.45) is 0 Å². The zero-order chi connectivity index (χ0) is 21.3. The van der Waals surface area contributed by atoms with E-state index in [9.17, 15) is 9.59 Å². The van der Waals surface area contributed by atoms with Crippen molar-refractivity contribution in [2.75, 3.05) is 12.4 Å². The fourth-order valence-corrected chi connectivity index (χ4v) is 4.16. The van der Waals surface area contributed by atoms with E-state index >= 15 is 0 Å². The molecule has 2 amide bonds. The second-order valence-corrected chi connectivity index (χ2v) is 8.14. The molecule has 0 fully saturated rings. The molecule has 4 rings (SSSR count). The molecule has 0 aliphatic rings. The average Bonchev–Trinajstić information content (AvgIpc) is 3.43. The minimum Gasteiger partial charge on any atom is -0.459 e. The Hall–Kier alpha value is -3.45. The molecule has 0 bridgehead atoms. The molecule has 2 aromatic carbocycles. The molecule has 0 saturated heterocycles. The number of benzene rings is 2. The Labute approximate surface area is 178 Å². The monoisotopic (exact) mass is 419 g/mol. The molecular weight excluding hydrogens is 398 g/mol. The highest BCUT2D eigenvalue weighted by molar-refractivity contribution is 7.18. The highest BCUT2D eigenvalue weighted by Gasteiger charge is 2.22. The Kier molecular flexibility index (Phi) is 5.37. The number of furan rings is 1. The van der Waals surface area contributed by atoms with Crippen LogP contribution in [0.5, 0.6) is 0 Å². The van der Waals surface area contributed by atoms with Gasteiger partial charge in [-0.3, -0.25) is 9.59 Å². The molecule has 0 aliphatic carbocycles. The zero-order valence-electron chi connectivity index (χ0n) is 16.9. The summed E-state index contributed by atoms with van der Waals surface area (Å²) in [5.41, 5.74) is 2.85. The first kappa shape index (κ1) is 19.8. The van der Waals surface area contributed by atoms with Gasteiger partial charge in [-0.2, -0.15) is 0 Å². The molecule has 2 heterocycles. The first-order valence-corrected chi connectivity index (χ1v) is 10.3. The van der Waals surface area contributed by atoms with Gasteiger partial charge in [-0.15, -0.1) is 11.3 Å². The largest absolute Gasteiger partial charge is 0.459 e. The molecule has 0 spiro atoms. The van der Waals surface area contributed by atoms with Gasteiger partial charge in [0.15, 0.2) is 5.76 Å².